The summed E-state index contributed by atoms with van der Waals surface area (Å²) in [7, 11) is 0. The predicted molar refractivity (Wildman–Crippen MR) is 102 cm³/mol. The van der Waals surface area contributed by atoms with Crippen LogP contribution in [-0.4, -0.2) is 28.1 Å². The van der Waals surface area contributed by atoms with Crippen LogP contribution in [0.1, 0.15) is 27.2 Å². The van der Waals surface area contributed by atoms with Gasteiger partial charge in [0.25, 0.3) is 5.91 Å². The number of aryl methyl sites for hydroxylation is 1. The molecule has 0 atom stereocenters. The van der Waals surface area contributed by atoms with Crippen LogP contribution in [0, 0.1) is 18.6 Å². The monoisotopic (exact) mass is 404 g/mol. The van der Waals surface area contributed by atoms with Crippen molar-refractivity contribution in [1.29, 1.82) is 0 Å². The third kappa shape index (κ3) is 4.80. The molecule has 28 heavy (non-hydrogen) atoms. The standard InChI is InChI=1S/C19H18F2N4O2S/c1-12-10-23-25(11-13-9-14(20)4-5-15(13)21)18(12)24-17(26)6-7-22-19(27)16-3-2-8-28-16/h2-5,8-10H,6-7,11H2,1H3,(H,22,27)(H,24,26). The summed E-state index contributed by atoms with van der Waals surface area (Å²) in [5.74, 6) is -1.25. The Hall–Kier alpha value is -3.07. The van der Waals surface area contributed by atoms with Gasteiger partial charge in [0.1, 0.15) is 17.5 Å². The first kappa shape index (κ1) is 19.7. The average Bonchev–Trinajstić information content (AvgIpc) is 3.30. The summed E-state index contributed by atoms with van der Waals surface area (Å²) in [6.07, 6.45) is 1.60. The van der Waals surface area contributed by atoms with Crippen molar-refractivity contribution in [3.8, 4) is 0 Å². The quantitative estimate of drug-likeness (QED) is 0.634. The van der Waals surface area contributed by atoms with Crippen LogP contribution in [0.3, 0.4) is 0 Å². The number of anilines is 1. The van der Waals surface area contributed by atoms with E-state index in [1.54, 1.807) is 24.4 Å². The molecule has 3 rings (SSSR count). The number of halogens is 2. The summed E-state index contributed by atoms with van der Waals surface area (Å²) in [5, 5.41) is 11.3. The highest BCUT2D eigenvalue weighted by Gasteiger charge is 2.14. The summed E-state index contributed by atoms with van der Waals surface area (Å²) in [5.41, 5.74) is 0.814. The van der Waals surface area contributed by atoms with Gasteiger partial charge in [-0.1, -0.05) is 6.07 Å². The number of nitrogens with zero attached hydrogens (tertiary/aromatic N) is 2. The zero-order valence-corrected chi connectivity index (χ0v) is 15.9. The number of hydrogen-bond acceptors (Lipinski definition) is 4. The lowest BCUT2D eigenvalue weighted by Gasteiger charge is -2.11. The molecule has 0 bridgehead atoms. The number of nitrogens with one attached hydrogen (secondary N) is 2. The molecule has 0 spiro atoms. The maximum atomic E-state index is 13.9. The van der Waals surface area contributed by atoms with Gasteiger partial charge in [0.15, 0.2) is 0 Å². The molecule has 0 aliphatic carbocycles. The van der Waals surface area contributed by atoms with Crippen LogP contribution >= 0.6 is 11.3 Å². The summed E-state index contributed by atoms with van der Waals surface area (Å²) < 4.78 is 28.7. The Labute approximate surface area is 164 Å². The molecule has 2 N–H and O–H groups in total. The topological polar surface area (TPSA) is 76.0 Å². The van der Waals surface area contributed by atoms with Crippen molar-refractivity contribution in [1.82, 2.24) is 15.1 Å². The molecule has 0 saturated heterocycles. The van der Waals surface area contributed by atoms with E-state index in [4.69, 9.17) is 0 Å². The number of benzene rings is 1. The lowest BCUT2D eigenvalue weighted by atomic mass is 10.2. The van der Waals surface area contributed by atoms with E-state index < -0.39 is 11.6 Å². The number of carbonyl (C=O) groups is 2. The first-order valence-electron chi connectivity index (χ1n) is 8.52. The first-order chi connectivity index (χ1) is 13.4. The lowest BCUT2D eigenvalue weighted by molar-refractivity contribution is -0.116. The van der Waals surface area contributed by atoms with Crippen molar-refractivity contribution in [3.63, 3.8) is 0 Å². The van der Waals surface area contributed by atoms with Gasteiger partial charge in [-0.3, -0.25) is 9.59 Å². The second kappa shape index (κ2) is 8.75. The third-order valence-electron chi connectivity index (χ3n) is 3.99. The van der Waals surface area contributed by atoms with Gasteiger partial charge in [-0.15, -0.1) is 11.3 Å². The van der Waals surface area contributed by atoms with Crippen molar-refractivity contribution in [2.75, 3.05) is 11.9 Å². The van der Waals surface area contributed by atoms with Crippen molar-refractivity contribution in [3.05, 3.63) is 69.5 Å². The molecule has 6 nitrogen and oxygen atoms in total. The van der Waals surface area contributed by atoms with E-state index in [0.29, 0.717) is 16.3 Å². The van der Waals surface area contributed by atoms with E-state index >= 15 is 0 Å². The molecule has 146 valence electrons. The van der Waals surface area contributed by atoms with Gasteiger partial charge < -0.3 is 10.6 Å². The van der Waals surface area contributed by atoms with Crippen molar-refractivity contribution < 1.29 is 18.4 Å². The van der Waals surface area contributed by atoms with Gasteiger partial charge in [0.05, 0.1) is 17.6 Å². The van der Waals surface area contributed by atoms with Gasteiger partial charge >= 0.3 is 0 Å². The minimum absolute atomic E-state index is 0.0256. The van der Waals surface area contributed by atoms with Gasteiger partial charge in [0, 0.05) is 24.1 Å². The van der Waals surface area contributed by atoms with Gasteiger partial charge in [-0.25, -0.2) is 13.5 Å². The molecule has 0 fully saturated rings. The maximum Gasteiger partial charge on any atom is 0.261 e. The first-order valence-corrected chi connectivity index (χ1v) is 9.40. The minimum Gasteiger partial charge on any atom is -0.351 e. The Kier molecular flexibility index (Phi) is 6.15. The molecule has 0 radical (unpaired) electrons. The largest absolute Gasteiger partial charge is 0.351 e. The van der Waals surface area contributed by atoms with Crippen LogP contribution in [0.25, 0.3) is 0 Å². The zero-order valence-electron chi connectivity index (χ0n) is 15.0. The lowest BCUT2D eigenvalue weighted by Crippen LogP contribution is -2.27. The van der Waals surface area contributed by atoms with Gasteiger partial charge in [-0.05, 0) is 36.6 Å². The Morgan fingerprint density at radius 1 is 1.25 bits per heavy atom. The van der Waals surface area contributed by atoms with Crippen LogP contribution in [0.15, 0.2) is 41.9 Å². The van der Waals surface area contributed by atoms with Crippen LogP contribution in [0.5, 0.6) is 0 Å². The van der Waals surface area contributed by atoms with E-state index in [-0.39, 0.29) is 36.9 Å². The molecule has 1 aromatic carbocycles. The van der Waals surface area contributed by atoms with E-state index in [1.165, 1.54) is 22.2 Å². The fraction of sp³-hybridized carbons (Fsp3) is 0.211. The Morgan fingerprint density at radius 3 is 2.82 bits per heavy atom. The van der Waals surface area contributed by atoms with Gasteiger partial charge in [-0.2, -0.15) is 5.10 Å². The Balaban J connectivity index is 1.59. The zero-order chi connectivity index (χ0) is 20.1. The van der Waals surface area contributed by atoms with Gasteiger partial charge in [0.2, 0.25) is 5.91 Å². The Bertz CT molecular complexity index is 986. The molecular weight excluding hydrogens is 386 g/mol. The fourth-order valence-corrected chi connectivity index (χ4v) is 3.21. The van der Waals surface area contributed by atoms with E-state index in [2.05, 4.69) is 15.7 Å². The maximum absolute atomic E-state index is 13.9. The van der Waals surface area contributed by atoms with E-state index in [0.717, 1.165) is 18.2 Å². The molecule has 2 heterocycles. The molecule has 9 heteroatoms. The molecule has 2 amide bonds. The van der Waals surface area contributed by atoms with Crippen molar-refractivity contribution in [2.24, 2.45) is 0 Å². The number of amides is 2. The molecule has 0 unspecified atom stereocenters. The summed E-state index contributed by atoms with van der Waals surface area (Å²) in [6, 6.07) is 6.67. The highest BCUT2D eigenvalue weighted by Crippen LogP contribution is 2.18. The summed E-state index contributed by atoms with van der Waals surface area (Å²) in [4.78, 5) is 24.7. The third-order valence-corrected chi connectivity index (χ3v) is 4.86. The smallest absolute Gasteiger partial charge is 0.261 e. The highest BCUT2D eigenvalue weighted by atomic mass is 32.1. The van der Waals surface area contributed by atoms with E-state index in [9.17, 15) is 18.4 Å². The second-order valence-corrected chi connectivity index (χ2v) is 7.05. The van der Waals surface area contributed by atoms with Crippen LogP contribution in [0.2, 0.25) is 0 Å². The predicted octanol–water partition coefficient (Wildman–Crippen LogP) is 3.34. The normalized spacial score (nSPS) is 10.7. The number of rotatable bonds is 7. The molecule has 2 aromatic heterocycles. The number of carbonyl (C=O) groups excluding carboxylic acids is 2. The SMILES string of the molecule is Cc1cnn(Cc2cc(F)ccc2F)c1NC(=O)CCNC(=O)c1cccs1. The molecule has 0 aliphatic rings. The fourth-order valence-electron chi connectivity index (χ4n) is 2.57. The van der Waals surface area contributed by atoms with Crippen molar-refractivity contribution in [2.45, 2.75) is 19.9 Å². The van der Waals surface area contributed by atoms with Crippen LogP contribution in [0.4, 0.5) is 14.6 Å². The minimum atomic E-state index is -0.553. The number of thiophene rings is 1. The average molecular weight is 404 g/mol. The van der Waals surface area contributed by atoms with Crippen LogP contribution in [-0.2, 0) is 11.3 Å². The molecule has 0 aliphatic heterocycles. The van der Waals surface area contributed by atoms with Crippen molar-refractivity contribution >= 4 is 29.0 Å². The van der Waals surface area contributed by atoms with E-state index in [1.807, 2.05) is 0 Å². The number of aromatic nitrogens is 2. The molecular formula is C19H18F2N4O2S. The highest BCUT2D eigenvalue weighted by molar-refractivity contribution is 7.12. The van der Waals surface area contributed by atoms with Crippen LogP contribution < -0.4 is 10.6 Å². The summed E-state index contributed by atoms with van der Waals surface area (Å²) in [6.45, 7) is 1.90. The molecule has 0 saturated carbocycles. The second-order valence-electron chi connectivity index (χ2n) is 6.10. The number of hydrogen-bond donors (Lipinski definition) is 2. The Morgan fingerprint density at radius 2 is 2.07 bits per heavy atom. The molecule has 3 aromatic rings. The summed E-state index contributed by atoms with van der Waals surface area (Å²) >= 11 is 1.32.